The lowest BCUT2D eigenvalue weighted by Crippen LogP contribution is -2.45. The fourth-order valence-electron chi connectivity index (χ4n) is 1.27. The average molecular weight is 252 g/mol. The van der Waals surface area contributed by atoms with Crippen LogP contribution in [-0.4, -0.2) is 37.3 Å². The normalized spacial score (nSPS) is 11.5. The number of rotatable bonds is 4. The van der Waals surface area contributed by atoms with Crippen molar-refractivity contribution in [2.24, 2.45) is 0 Å². The number of carbonyl (C=O) groups is 2. The molecule has 18 heavy (non-hydrogen) atoms. The quantitative estimate of drug-likeness (QED) is 0.847. The van der Waals surface area contributed by atoms with Crippen molar-refractivity contribution in [1.82, 2.24) is 5.32 Å². The fraction of sp³-hybridized carbons (Fsp3) is 0.333. The summed E-state index contributed by atoms with van der Waals surface area (Å²) < 4.78 is 5.01. The summed E-state index contributed by atoms with van der Waals surface area (Å²) in [6.45, 7) is 1.40. The molecular weight excluding hydrogens is 236 g/mol. The number of nitrogens with one attached hydrogen (secondary N) is 1. The lowest BCUT2D eigenvalue weighted by atomic mass is 10.3. The number of nitrogens with zero attached hydrogens (tertiary/aromatic N) is 1. The maximum atomic E-state index is 11.7. The van der Waals surface area contributed by atoms with Crippen LogP contribution in [0.15, 0.2) is 24.3 Å². The van der Waals surface area contributed by atoms with Crippen LogP contribution in [0.3, 0.4) is 0 Å². The van der Waals surface area contributed by atoms with Crippen LogP contribution in [-0.2, 0) is 4.79 Å². The molecule has 0 aromatic heterocycles. The Balaban J connectivity index is 2.70. The third-order valence-electron chi connectivity index (χ3n) is 2.47. The molecule has 0 aliphatic carbocycles. The number of anilines is 1. The molecular formula is C12H16N2O4. The average Bonchev–Trinajstić information content (AvgIpc) is 2.37. The van der Waals surface area contributed by atoms with Crippen LogP contribution in [0.1, 0.15) is 6.92 Å². The number of urea groups is 1. The predicted octanol–water partition coefficient (Wildman–Crippen LogP) is 1.31. The number of hydrogen-bond acceptors (Lipinski definition) is 3. The topological polar surface area (TPSA) is 78.9 Å². The smallest absolute Gasteiger partial charge is 0.325 e. The van der Waals surface area contributed by atoms with Crippen LogP contribution in [0.2, 0.25) is 0 Å². The SMILES string of the molecule is COc1ccc(N(C)C(=O)N[C@H](C)C(=O)O)cc1. The Morgan fingerprint density at radius 2 is 1.89 bits per heavy atom. The minimum Gasteiger partial charge on any atom is -0.497 e. The molecule has 0 spiro atoms. The lowest BCUT2D eigenvalue weighted by molar-refractivity contribution is -0.138. The van der Waals surface area contributed by atoms with Gasteiger partial charge in [0.05, 0.1) is 7.11 Å². The van der Waals surface area contributed by atoms with Gasteiger partial charge in [-0.05, 0) is 31.2 Å². The number of hydrogen-bond donors (Lipinski definition) is 2. The number of benzene rings is 1. The largest absolute Gasteiger partial charge is 0.497 e. The molecule has 1 aromatic carbocycles. The summed E-state index contributed by atoms with van der Waals surface area (Å²) in [7, 11) is 3.12. The van der Waals surface area contributed by atoms with Crippen molar-refractivity contribution in [3.05, 3.63) is 24.3 Å². The van der Waals surface area contributed by atoms with Gasteiger partial charge in [0.2, 0.25) is 0 Å². The number of methoxy groups -OCH3 is 1. The van der Waals surface area contributed by atoms with Crippen LogP contribution in [0.25, 0.3) is 0 Å². The van der Waals surface area contributed by atoms with Gasteiger partial charge in [-0.2, -0.15) is 0 Å². The van der Waals surface area contributed by atoms with Gasteiger partial charge in [-0.3, -0.25) is 9.69 Å². The number of amides is 2. The summed E-state index contributed by atoms with van der Waals surface area (Å²) in [6.07, 6.45) is 0. The minimum atomic E-state index is -1.08. The molecule has 2 N–H and O–H groups in total. The molecule has 1 aromatic rings. The monoisotopic (exact) mass is 252 g/mol. The van der Waals surface area contributed by atoms with E-state index in [4.69, 9.17) is 9.84 Å². The molecule has 6 nitrogen and oxygen atoms in total. The minimum absolute atomic E-state index is 0.477. The first-order valence-corrected chi connectivity index (χ1v) is 5.36. The van der Waals surface area contributed by atoms with Gasteiger partial charge in [-0.15, -0.1) is 0 Å². The third-order valence-corrected chi connectivity index (χ3v) is 2.47. The van der Waals surface area contributed by atoms with Gasteiger partial charge >= 0.3 is 12.0 Å². The Kier molecular flexibility index (Phi) is 4.53. The molecule has 0 fully saturated rings. The Morgan fingerprint density at radius 3 is 2.33 bits per heavy atom. The number of carboxylic acids is 1. The van der Waals surface area contributed by atoms with Gasteiger partial charge in [0.1, 0.15) is 11.8 Å². The highest BCUT2D eigenvalue weighted by atomic mass is 16.5. The summed E-state index contributed by atoms with van der Waals surface area (Å²) >= 11 is 0. The lowest BCUT2D eigenvalue weighted by Gasteiger charge is -2.19. The predicted molar refractivity (Wildman–Crippen MR) is 67.0 cm³/mol. The first-order chi connectivity index (χ1) is 8.45. The molecule has 0 heterocycles. The number of ether oxygens (including phenoxy) is 1. The second-order valence-electron chi connectivity index (χ2n) is 3.77. The van der Waals surface area contributed by atoms with Gasteiger partial charge in [0, 0.05) is 12.7 Å². The Morgan fingerprint density at radius 1 is 1.33 bits per heavy atom. The number of carboxylic acid groups (broad SMARTS) is 1. The van der Waals surface area contributed by atoms with E-state index in [0.29, 0.717) is 11.4 Å². The van der Waals surface area contributed by atoms with Gasteiger partial charge in [0.25, 0.3) is 0 Å². The molecule has 0 radical (unpaired) electrons. The maximum absolute atomic E-state index is 11.7. The Labute approximate surface area is 105 Å². The van der Waals surface area contributed by atoms with Crippen molar-refractivity contribution in [3.8, 4) is 5.75 Å². The van der Waals surface area contributed by atoms with E-state index in [1.807, 2.05) is 0 Å². The van der Waals surface area contributed by atoms with Crippen LogP contribution < -0.4 is 15.0 Å². The van der Waals surface area contributed by atoms with Crippen LogP contribution >= 0.6 is 0 Å². The molecule has 0 aliphatic heterocycles. The molecule has 2 amide bonds. The highest BCUT2D eigenvalue weighted by molar-refractivity contribution is 5.93. The van der Waals surface area contributed by atoms with Gasteiger partial charge in [0.15, 0.2) is 0 Å². The van der Waals surface area contributed by atoms with E-state index in [1.54, 1.807) is 38.4 Å². The molecule has 6 heteroatoms. The third kappa shape index (κ3) is 3.38. The van der Waals surface area contributed by atoms with Crippen molar-refractivity contribution in [2.75, 3.05) is 19.1 Å². The van der Waals surface area contributed by atoms with E-state index in [9.17, 15) is 9.59 Å². The summed E-state index contributed by atoms with van der Waals surface area (Å²) in [4.78, 5) is 23.7. The van der Waals surface area contributed by atoms with E-state index >= 15 is 0 Å². The highest BCUT2D eigenvalue weighted by Gasteiger charge is 2.17. The summed E-state index contributed by atoms with van der Waals surface area (Å²) in [5.41, 5.74) is 0.644. The molecule has 0 bridgehead atoms. The van der Waals surface area contributed by atoms with Crippen molar-refractivity contribution >= 4 is 17.7 Å². The van der Waals surface area contributed by atoms with E-state index in [2.05, 4.69) is 5.32 Å². The zero-order valence-corrected chi connectivity index (χ0v) is 10.5. The Bertz CT molecular complexity index is 430. The van der Waals surface area contributed by atoms with Crippen LogP contribution in [0, 0.1) is 0 Å². The van der Waals surface area contributed by atoms with E-state index in [0.717, 1.165) is 0 Å². The van der Waals surface area contributed by atoms with E-state index in [-0.39, 0.29) is 0 Å². The van der Waals surface area contributed by atoms with E-state index in [1.165, 1.54) is 11.8 Å². The summed E-state index contributed by atoms with van der Waals surface area (Å²) in [6, 6.07) is 5.46. The molecule has 1 atom stereocenters. The number of carbonyl (C=O) groups excluding carboxylic acids is 1. The second-order valence-corrected chi connectivity index (χ2v) is 3.77. The van der Waals surface area contributed by atoms with E-state index < -0.39 is 18.0 Å². The highest BCUT2D eigenvalue weighted by Crippen LogP contribution is 2.18. The van der Waals surface area contributed by atoms with Gasteiger partial charge in [-0.25, -0.2) is 4.79 Å². The maximum Gasteiger partial charge on any atom is 0.325 e. The van der Waals surface area contributed by atoms with Crippen LogP contribution in [0.4, 0.5) is 10.5 Å². The first kappa shape index (κ1) is 13.8. The van der Waals surface area contributed by atoms with Crippen molar-refractivity contribution in [2.45, 2.75) is 13.0 Å². The zero-order chi connectivity index (χ0) is 13.7. The first-order valence-electron chi connectivity index (χ1n) is 5.36. The van der Waals surface area contributed by atoms with Crippen molar-refractivity contribution in [1.29, 1.82) is 0 Å². The molecule has 0 saturated carbocycles. The van der Waals surface area contributed by atoms with Crippen LogP contribution in [0.5, 0.6) is 5.75 Å². The molecule has 0 aliphatic rings. The second kappa shape index (κ2) is 5.90. The van der Waals surface area contributed by atoms with Gasteiger partial charge in [-0.1, -0.05) is 0 Å². The zero-order valence-electron chi connectivity index (χ0n) is 10.5. The van der Waals surface area contributed by atoms with Gasteiger partial charge < -0.3 is 15.2 Å². The summed E-state index contributed by atoms with van der Waals surface area (Å²) in [5.74, 6) is -0.391. The van der Waals surface area contributed by atoms with Crippen molar-refractivity contribution < 1.29 is 19.4 Å². The fourth-order valence-corrected chi connectivity index (χ4v) is 1.27. The number of aliphatic carboxylic acids is 1. The molecule has 1 rings (SSSR count). The molecule has 98 valence electrons. The summed E-state index contributed by atoms with van der Waals surface area (Å²) in [5, 5.41) is 11.1. The molecule has 0 saturated heterocycles. The Hall–Kier alpha value is -2.24. The standard InChI is InChI=1S/C12H16N2O4/c1-8(11(15)16)13-12(17)14(2)9-4-6-10(18-3)7-5-9/h4-8H,1-3H3,(H,13,17)(H,15,16)/t8-/m1/s1. The molecule has 0 unspecified atom stereocenters. The van der Waals surface area contributed by atoms with Crippen molar-refractivity contribution in [3.63, 3.8) is 0 Å².